The van der Waals surface area contributed by atoms with E-state index in [0.29, 0.717) is 18.1 Å². The van der Waals surface area contributed by atoms with Crippen LogP contribution in [0.5, 0.6) is 5.88 Å². The lowest BCUT2D eigenvalue weighted by molar-refractivity contribution is 0.309. The van der Waals surface area contributed by atoms with E-state index in [2.05, 4.69) is 11.6 Å². The fraction of sp³-hybridized carbons (Fsp3) is 0.273. The lowest BCUT2D eigenvalue weighted by Crippen LogP contribution is -2.00. The molecule has 0 saturated heterocycles. The van der Waals surface area contributed by atoms with Crippen molar-refractivity contribution in [2.24, 2.45) is 0 Å². The van der Waals surface area contributed by atoms with Crippen molar-refractivity contribution < 1.29 is 4.74 Å². The van der Waals surface area contributed by atoms with E-state index in [9.17, 15) is 0 Å². The highest BCUT2D eigenvalue weighted by Crippen LogP contribution is 2.24. The van der Waals surface area contributed by atoms with Crippen LogP contribution in [-0.4, -0.2) is 11.6 Å². The molecule has 15 heavy (non-hydrogen) atoms. The van der Waals surface area contributed by atoms with Gasteiger partial charge in [-0.25, -0.2) is 4.98 Å². The summed E-state index contributed by atoms with van der Waals surface area (Å²) < 4.78 is 5.34. The van der Waals surface area contributed by atoms with Gasteiger partial charge in [0.05, 0.1) is 12.2 Å². The van der Waals surface area contributed by atoms with Crippen LogP contribution in [0.25, 0.3) is 0 Å². The predicted molar refractivity (Wildman–Crippen MR) is 58.9 cm³/mol. The summed E-state index contributed by atoms with van der Waals surface area (Å²) in [6.07, 6.45) is 2.25. The van der Waals surface area contributed by atoms with E-state index in [0.717, 1.165) is 12.0 Å². The van der Waals surface area contributed by atoms with E-state index in [4.69, 9.17) is 21.6 Å². The number of nitrogens with zero attached hydrogens (tertiary/aromatic N) is 2. The van der Waals surface area contributed by atoms with Gasteiger partial charge in [0.15, 0.2) is 0 Å². The summed E-state index contributed by atoms with van der Waals surface area (Å²) in [5, 5.41) is 8.99. The molecular formula is C11H11ClN2O. The topological polar surface area (TPSA) is 45.9 Å². The Morgan fingerprint density at radius 2 is 2.47 bits per heavy atom. The zero-order valence-corrected chi connectivity index (χ0v) is 9.21. The van der Waals surface area contributed by atoms with Crippen molar-refractivity contribution in [2.75, 3.05) is 6.61 Å². The molecule has 0 aromatic carbocycles. The van der Waals surface area contributed by atoms with Crippen LogP contribution in [0.2, 0.25) is 5.02 Å². The first-order valence-electron chi connectivity index (χ1n) is 4.47. The lowest BCUT2D eigenvalue weighted by Gasteiger charge is -2.06. The molecule has 0 aliphatic rings. The molecule has 1 aromatic heterocycles. The van der Waals surface area contributed by atoms with E-state index in [1.165, 1.54) is 6.20 Å². The van der Waals surface area contributed by atoms with Crippen LogP contribution >= 0.6 is 11.6 Å². The average Bonchev–Trinajstić information content (AvgIpc) is 2.20. The van der Waals surface area contributed by atoms with Crippen LogP contribution in [0.1, 0.15) is 18.9 Å². The monoisotopic (exact) mass is 222 g/mol. The van der Waals surface area contributed by atoms with Crippen LogP contribution in [-0.2, 0) is 0 Å². The molecule has 0 spiro atoms. The number of halogens is 1. The maximum Gasteiger partial charge on any atom is 0.233 e. The van der Waals surface area contributed by atoms with Crippen LogP contribution in [0.15, 0.2) is 24.4 Å². The van der Waals surface area contributed by atoms with Crippen molar-refractivity contribution in [1.29, 1.82) is 5.26 Å². The smallest absolute Gasteiger partial charge is 0.233 e. The third-order valence-corrected chi connectivity index (χ3v) is 2.11. The Labute approximate surface area is 94.0 Å². The van der Waals surface area contributed by atoms with Gasteiger partial charge < -0.3 is 4.74 Å². The van der Waals surface area contributed by atoms with Crippen molar-refractivity contribution >= 4 is 11.6 Å². The number of ether oxygens (including phenoxy) is 1. The first-order chi connectivity index (χ1) is 7.15. The van der Waals surface area contributed by atoms with Gasteiger partial charge in [-0.3, -0.25) is 0 Å². The summed E-state index contributed by atoms with van der Waals surface area (Å²) in [6.45, 7) is 6.15. The Balaban J connectivity index is 2.70. The molecule has 0 aliphatic carbocycles. The minimum Gasteiger partial charge on any atom is -0.476 e. The molecule has 0 atom stereocenters. The van der Waals surface area contributed by atoms with E-state index >= 15 is 0 Å². The summed E-state index contributed by atoms with van der Waals surface area (Å²) in [5.41, 5.74) is 1.40. The summed E-state index contributed by atoms with van der Waals surface area (Å²) in [5.74, 6) is 0.303. The summed E-state index contributed by atoms with van der Waals surface area (Å²) in [6, 6.07) is 3.51. The molecule has 4 heteroatoms. The minimum atomic E-state index is 0.265. The number of nitriles is 1. The molecule has 0 fully saturated rings. The molecule has 0 unspecified atom stereocenters. The average molecular weight is 223 g/mol. The van der Waals surface area contributed by atoms with Gasteiger partial charge in [-0.05, 0) is 13.0 Å². The summed E-state index contributed by atoms with van der Waals surface area (Å²) >= 11 is 5.89. The summed E-state index contributed by atoms with van der Waals surface area (Å²) in [4.78, 5) is 3.95. The number of pyridine rings is 1. The van der Waals surface area contributed by atoms with Crippen molar-refractivity contribution in [3.05, 3.63) is 35.0 Å². The highest BCUT2D eigenvalue weighted by Gasteiger charge is 2.07. The van der Waals surface area contributed by atoms with E-state index in [-0.39, 0.29) is 5.02 Å². The van der Waals surface area contributed by atoms with E-state index in [1.54, 1.807) is 6.07 Å². The lowest BCUT2D eigenvalue weighted by atomic mass is 10.2. The fourth-order valence-electron chi connectivity index (χ4n) is 0.933. The van der Waals surface area contributed by atoms with Crippen LogP contribution in [0.3, 0.4) is 0 Å². The number of aromatic nitrogens is 1. The second-order valence-electron chi connectivity index (χ2n) is 3.15. The molecule has 0 saturated carbocycles. The molecule has 1 aromatic rings. The Kier molecular flexibility index (Phi) is 4.14. The minimum absolute atomic E-state index is 0.265. The Bertz CT molecular complexity index is 410. The van der Waals surface area contributed by atoms with Crippen LogP contribution in [0.4, 0.5) is 0 Å². The molecule has 78 valence electrons. The second kappa shape index (κ2) is 5.38. The van der Waals surface area contributed by atoms with Gasteiger partial charge in [-0.1, -0.05) is 17.2 Å². The Hall–Kier alpha value is -1.53. The largest absolute Gasteiger partial charge is 0.476 e. The predicted octanol–water partition coefficient (Wildman–Crippen LogP) is 2.95. The third kappa shape index (κ3) is 3.26. The Morgan fingerprint density at radius 3 is 3.07 bits per heavy atom. The van der Waals surface area contributed by atoms with E-state index in [1.807, 2.05) is 13.0 Å². The first kappa shape index (κ1) is 11.5. The maximum absolute atomic E-state index is 8.72. The van der Waals surface area contributed by atoms with Gasteiger partial charge >= 0.3 is 0 Å². The van der Waals surface area contributed by atoms with Crippen molar-refractivity contribution in [1.82, 2.24) is 4.98 Å². The molecule has 0 bridgehead atoms. The molecule has 3 nitrogen and oxygen atoms in total. The van der Waals surface area contributed by atoms with Crippen molar-refractivity contribution in [3.8, 4) is 11.9 Å². The van der Waals surface area contributed by atoms with Crippen molar-refractivity contribution in [3.63, 3.8) is 0 Å². The second-order valence-corrected chi connectivity index (χ2v) is 3.52. The molecule has 0 amide bonds. The van der Waals surface area contributed by atoms with Crippen molar-refractivity contribution in [2.45, 2.75) is 13.3 Å². The number of hydrogen-bond donors (Lipinski definition) is 0. The SMILES string of the molecule is C=C(C)CCOc1nccc(C#N)c1Cl. The van der Waals surface area contributed by atoms with Crippen LogP contribution in [0, 0.1) is 11.3 Å². The highest BCUT2D eigenvalue weighted by atomic mass is 35.5. The van der Waals surface area contributed by atoms with Crippen LogP contribution < -0.4 is 4.74 Å². The number of rotatable bonds is 4. The molecule has 1 rings (SSSR count). The van der Waals surface area contributed by atoms with E-state index < -0.39 is 0 Å². The van der Waals surface area contributed by atoms with Gasteiger partial charge in [0.2, 0.25) is 5.88 Å². The van der Waals surface area contributed by atoms with Gasteiger partial charge in [-0.15, -0.1) is 6.58 Å². The molecule has 1 heterocycles. The molecule has 0 N–H and O–H groups in total. The van der Waals surface area contributed by atoms with Gasteiger partial charge in [0.25, 0.3) is 0 Å². The van der Waals surface area contributed by atoms with Gasteiger partial charge in [0.1, 0.15) is 11.1 Å². The summed E-state index contributed by atoms with van der Waals surface area (Å²) in [7, 11) is 0. The number of hydrogen-bond acceptors (Lipinski definition) is 3. The highest BCUT2D eigenvalue weighted by molar-refractivity contribution is 6.32. The Morgan fingerprint density at radius 1 is 1.73 bits per heavy atom. The third-order valence-electron chi connectivity index (χ3n) is 1.75. The zero-order chi connectivity index (χ0) is 11.3. The quantitative estimate of drug-likeness (QED) is 0.736. The molecular weight excluding hydrogens is 212 g/mol. The maximum atomic E-state index is 8.72. The zero-order valence-electron chi connectivity index (χ0n) is 8.46. The molecule has 0 aliphatic heterocycles. The molecule has 0 radical (unpaired) electrons. The first-order valence-corrected chi connectivity index (χ1v) is 4.84. The van der Waals surface area contributed by atoms with Gasteiger partial charge in [0, 0.05) is 12.6 Å². The van der Waals surface area contributed by atoms with Gasteiger partial charge in [-0.2, -0.15) is 5.26 Å². The fourth-order valence-corrected chi connectivity index (χ4v) is 1.14. The normalized spacial score (nSPS) is 9.40. The standard InChI is InChI=1S/C11H11ClN2O/c1-8(2)4-6-15-11-10(12)9(7-13)3-5-14-11/h3,5H,1,4,6H2,2H3.